The van der Waals surface area contributed by atoms with E-state index in [0.29, 0.717) is 17.2 Å². The Labute approximate surface area is 161 Å². The van der Waals surface area contributed by atoms with E-state index in [2.05, 4.69) is 21.9 Å². The molecule has 0 radical (unpaired) electrons. The summed E-state index contributed by atoms with van der Waals surface area (Å²) in [5.74, 6) is 0.375. The smallest absolute Gasteiger partial charge is 0.391 e. The minimum Gasteiger partial charge on any atom is -0.391 e. The fraction of sp³-hybridized carbons (Fsp3) is 0.400. The molecule has 146 valence electrons. The van der Waals surface area contributed by atoms with Gasteiger partial charge < -0.3 is 10.0 Å². The largest absolute Gasteiger partial charge is 0.416 e. The highest BCUT2D eigenvalue weighted by atomic mass is 32.2. The van der Waals surface area contributed by atoms with Gasteiger partial charge in [-0.2, -0.15) is 13.2 Å². The van der Waals surface area contributed by atoms with Crippen molar-refractivity contribution in [2.24, 2.45) is 0 Å². The highest BCUT2D eigenvalue weighted by molar-refractivity contribution is 7.99. The van der Waals surface area contributed by atoms with Crippen LogP contribution in [0.4, 0.5) is 18.9 Å². The second-order valence-corrected chi connectivity index (χ2v) is 7.71. The van der Waals surface area contributed by atoms with Gasteiger partial charge in [-0.15, -0.1) is 11.8 Å². The number of hydrogen-bond donors (Lipinski definition) is 1. The van der Waals surface area contributed by atoms with Crippen molar-refractivity contribution in [3.63, 3.8) is 0 Å². The molecular weight excluding hydrogens is 373 g/mol. The molecule has 0 unspecified atom stereocenters. The maximum atomic E-state index is 12.8. The zero-order valence-corrected chi connectivity index (χ0v) is 15.7. The van der Waals surface area contributed by atoms with Crippen LogP contribution in [0.15, 0.2) is 59.5 Å². The van der Waals surface area contributed by atoms with Crippen molar-refractivity contribution in [1.82, 2.24) is 4.90 Å². The number of piperazine rings is 1. The van der Waals surface area contributed by atoms with Crippen molar-refractivity contribution < 1.29 is 18.3 Å². The first kappa shape index (κ1) is 20.0. The van der Waals surface area contributed by atoms with Crippen LogP contribution in [-0.4, -0.2) is 54.6 Å². The molecule has 0 aliphatic carbocycles. The normalized spacial score (nSPS) is 17.1. The lowest BCUT2D eigenvalue weighted by Gasteiger charge is -2.36. The molecule has 0 aromatic heterocycles. The second-order valence-electron chi connectivity index (χ2n) is 6.61. The van der Waals surface area contributed by atoms with E-state index in [1.165, 1.54) is 23.5 Å². The van der Waals surface area contributed by atoms with Crippen LogP contribution in [0.2, 0.25) is 0 Å². The van der Waals surface area contributed by atoms with Crippen molar-refractivity contribution in [3.05, 3.63) is 60.2 Å². The van der Waals surface area contributed by atoms with Gasteiger partial charge in [0.15, 0.2) is 0 Å². The zero-order valence-electron chi connectivity index (χ0n) is 14.9. The van der Waals surface area contributed by atoms with Crippen LogP contribution < -0.4 is 4.90 Å². The molecule has 0 amide bonds. The van der Waals surface area contributed by atoms with Gasteiger partial charge in [0.05, 0.1) is 11.7 Å². The molecule has 1 fully saturated rings. The van der Waals surface area contributed by atoms with Crippen molar-refractivity contribution >= 4 is 17.4 Å². The number of nitrogens with zero attached hydrogens (tertiary/aromatic N) is 2. The number of anilines is 1. The monoisotopic (exact) mass is 396 g/mol. The molecule has 1 saturated heterocycles. The van der Waals surface area contributed by atoms with E-state index in [4.69, 9.17) is 0 Å². The van der Waals surface area contributed by atoms with Gasteiger partial charge in [-0.05, 0) is 30.3 Å². The standard InChI is InChI=1S/C20H23F3N2OS/c21-20(22,23)16-5-4-8-19(13-16)27-15-18(26)14-24-9-11-25(12-10-24)17-6-2-1-3-7-17/h1-8,13,18,26H,9-12,14-15H2/t18-/m0/s1. The number of alkyl halides is 3. The average Bonchev–Trinajstić information content (AvgIpc) is 2.67. The summed E-state index contributed by atoms with van der Waals surface area (Å²) in [5, 5.41) is 10.3. The van der Waals surface area contributed by atoms with Crippen LogP contribution in [-0.2, 0) is 6.18 Å². The lowest BCUT2D eigenvalue weighted by molar-refractivity contribution is -0.137. The minimum atomic E-state index is -4.34. The fourth-order valence-electron chi connectivity index (χ4n) is 3.13. The van der Waals surface area contributed by atoms with E-state index in [1.807, 2.05) is 18.2 Å². The minimum absolute atomic E-state index is 0.375. The van der Waals surface area contributed by atoms with Crippen LogP contribution >= 0.6 is 11.8 Å². The molecule has 1 heterocycles. The number of aliphatic hydroxyl groups is 1. The van der Waals surface area contributed by atoms with E-state index in [-0.39, 0.29) is 0 Å². The third-order valence-corrected chi connectivity index (χ3v) is 5.71. The molecule has 2 aromatic carbocycles. The van der Waals surface area contributed by atoms with Crippen LogP contribution in [0.25, 0.3) is 0 Å². The Morgan fingerprint density at radius 2 is 1.67 bits per heavy atom. The summed E-state index contributed by atoms with van der Waals surface area (Å²) in [6.45, 7) is 4.06. The number of thioether (sulfide) groups is 1. The maximum Gasteiger partial charge on any atom is 0.416 e. The number of halogens is 3. The van der Waals surface area contributed by atoms with Crippen molar-refractivity contribution in [2.45, 2.75) is 17.2 Å². The van der Waals surface area contributed by atoms with E-state index in [9.17, 15) is 18.3 Å². The lowest BCUT2D eigenvalue weighted by atomic mass is 10.2. The highest BCUT2D eigenvalue weighted by Gasteiger charge is 2.30. The Balaban J connectivity index is 1.43. The molecule has 2 aromatic rings. The van der Waals surface area contributed by atoms with Gasteiger partial charge in [0, 0.05) is 49.1 Å². The van der Waals surface area contributed by atoms with Crippen LogP contribution in [0.3, 0.4) is 0 Å². The van der Waals surface area contributed by atoms with Gasteiger partial charge in [-0.25, -0.2) is 0 Å². The maximum absolute atomic E-state index is 12.8. The number of rotatable bonds is 6. The quantitative estimate of drug-likeness (QED) is 0.748. The molecule has 1 N–H and O–H groups in total. The number of para-hydroxylation sites is 1. The molecule has 1 aliphatic heterocycles. The van der Waals surface area contributed by atoms with E-state index in [1.54, 1.807) is 6.07 Å². The molecule has 0 saturated carbocycles. The van der Waals surface area contributed by atoms with Crippen LogP contribution in [0.1, 0.15) is 5.56 Å². The summed E-state index contributed by atoms with van der Waals surface area (Å²) in [7, 11) is 0. The number of aliphatic hydroxyl groups excluding tert-OH is 1. The van der Waals surface area contributed by atoms with E-state index >= 15 is 0 Å². The average molecular weight is 396 g/mol. The van der Waals surface area contributed by atoms with Crippen LogP contribution in [0, 0.1) is 0 Å². The fourth-order valence-corrected chi connectivity index (χ4v) is 4.01. The van der Waals surface area contributed by atoms with Gasteiger partial charge in [0.1, 0.15) is 0 Å². The number of benzene rings is 2. The predicted molar refractivity (Wildman–Crippen MR) is 103 cm³/mol. The van der Waals surface area contributed by atoms with Crippen molar-refractivity contribution in [1.29, 1.82) is 0 Å². The SMILES string of the molecule is O[C@H](CSc1cccc(C(F)(F)F)c1)CN1CCN(c2ccccc2)CC1. The first-order valence-corrected chi connectivity index (χ1v) is 9.91. The predicted octanol–water partition coefficient (Wildman–Crippen LogP) is 3.98. The molecule has 0 spiro atoms. The number of hydrogen-bond acceptors (Lipinski definition) is 4. The summed E-state index contributed by atoms with van der Waals surface area (Å²) in [4.78, 5) is 5.05. The Morgan fingerprint density at radius 1 is 0.963 bits per heavy atom. The van der Waals surface area contributed by atoms with Gasteiger partial charge in [0.25, 0.3) is 0 Å². The summed E-state index contributed by atoms with van der Waals surface area (Å²) in [6, 6.07) is 15.5. The topological polar surface area (TPSA) is 26.7 Å². The molecule has 0 bridgehead atoms. The Kier molecular flexibility index (Phi) is 6.68. The molecule has 3 rings (SSSR count). The number of β-amino-alcohol motifs (C(OH)–C–C–N with tert-alkyl or cyclic N) is 1. The Morgan fingerprint density at radius 3 is 2.33 bits per heavy atom. The molecule has 7 heteroatoms. The van der Waals surface area contributed by atoms with Crippen molar-refractivity contribution in [2.75, 3.05) is 43.4 Å². The van der Waals surface area contributed by atoms with E-state index < -0.39 is 17.8 Å². The molecule has 1 aliphatic rings. The van der Waals surface area contributed by atoms with Gasteiger partial charge in [-0.3, -0.25) is 4.90 Å². The van der Waals surface area contributed by atoms with Gasteiger partial charge in [-0.1, -0.05) is 24.3 Å². The third-order valence-electron chi connectivity index (χ3n) is 4.57. The molecular formula is C20H23F3N2OS. The van der Waals surface area contributed by atoms with Gasteiger partial charge in [0.2, 0.25) is 0 Å². The summed E-state index contributed by atoms with van der Waals surface area (Å²) in [5.41, 5.74) is 0.553. The second kappa shape index (κ2) is 8.99. The molecule has 27 heavy (non-hydrogen) atoms. The highest BCUT2D eigenvalue weighted by Crippen LogP contribution is 2.32. The Hall–Kier alpha value is -1.70. The van der Waals surface area contributed by atoms with E-state index in [0.717, 1.165) is 38.3 Å². The lowest BCUT2D eigenvalue weighted by Crippen LogP contribution is -2.48. The summed E-state index contributed by atoms with van der Waals surface area (Å²) >= 11 is 1.26. The summed E-state index contributed by atoms with van der Waals surface area (Å²) in [6.07, 6.45) is -4.92. The molecule has 3 nitrogen and oxygen atoms in total. The molecule has 1 atom stereocenters. The zero-order chi connectivity index (χ0) is 19.3. The van der Waals surface area contributed by atoms with Crippen LogP contribution in [0.5, 0.6) is 0 Å². The van der Waals surface area contributed by atoms with Crippen molar-refractivity contribution in [3.8, 4) is 0 Å². The third kappa shape index (κ3) is 5.89. The van der Waals surface area contributed by atoms with Gasteiger partial charge >= 0.3 is 6.18 Å². The first-order valence-electron chi connectivity index (χ1n) is 8.92. The summed E-state index contributed by atoms with van der Waals surface area (Å²) < 4.78 is 38.3. The first-order chi connectivity index (χ1) is 12.9. The Bertz CT molecular complexity index is 719.